The summed E-state index contributed by atoms with van der Waals surface area (Å²) in [6, 6.07) is 4.11. The minimum Gasteiger partial charge on any atom is -0.871 e. The Morgan fingerprint density at radius 3 is 2.50 bits per heavy atom. The predicted molar refractivity (Wildman–Crippen MR) is 83.0 cm³/mol. The molecule has 22 heavy (non-hydrogen) atoms. The highest BCUT2D eigenvalue weighted by Gasteiger charge is 2.09. The first kappa shape index (κ1) is 15.8. The summed E-state index contributed by atoms with van der Waals surface area (Å²) < 4.78 is 0.103. The van der Waals surface area contributed by atoms with Crippen LogP contribution in [-0.4, -0.2) is 21.1 Å². The van der Waals surface area contributed by atoms with E-state index in [1.54, 1.807) is 0 Å². The molecule has 0 aliphatic heterocycles. The van der Waals surface area contributed by atoms with Gasteiger partial charge in [-0.05, 0) is 25.5 Å². The largest absolute Gasteiger partial charge is 0.871 e. The maximum atomic E-state index is 11.9. The topological polar surface area (TPSA) is 116 Å². The second-order valence-electron chi connectivity index (χ2n) is 4.45. The molecule has 0 saturated heterocycles. The monoisotopic (exact) mass is 364 g/mol. The number of benzene rings is 1. The van der Waals surface area contributed by atoms with Crippen LogP contribution in [0.15, 0.2) is 27.8 Å². The van der Waals surface area contributed by atoms with Gasteiger partial charge in [-0.25, -0.2) is 15.4 Å². The lowest BCUT2D eigenvalue weighted by Crippen LogP contribution is -2.02. The van der Waals surface area contributed by atoms with Crippen LogP contribution in [0.5, 0.6) is 5.75 Å². The van der Waals surface area contributed by atoms with Crippen molar-refractivity contribution in [2.75, 3.05) is 5.43 Å². The molecule has 0 spiro atoms. The number of anilines is 1. The quantitative estimate of drug-likeness (QED) is 0.505. The van der Waals surface area contributed by atoms with Gasteiger partial charge < -0.3 is 5.11 Å². The number of rotatable bonds is 4. The molecule has 0 saturated carbocycles. The van der Waals surface area contributed by atoms with Gasteiger partial charge in [0.1, 0.15) is 0 Å². The fraction of sp³-hybridized carbons (Fsp3) is 0.154. The smallest absolute Gasteiger partial charge is 0.271 e. The van der Waals surface area contributed by atoms with Crippen molar-refractivity contribution in [1.29, 1.82) is 0 Å². The maximum Gasteiger partial charge on any atom is 0.271 e. The molecule has 0 radical (unpaired) electrons. The number of hydrazone groups is 1. The Bertz CT molecular complexity index is 743. The normalized spacial score (nSPS) is 10.9. The fourth-order valence-corrected chi connectivity index (χ4v) is 2.20. The first-order valence-corrected chi connectivity index (χ1v) is 6.92. The highest BCUT2D eigenvalue weighted by atomic mass is 79.9. The van der Waals surface area contributed by atoms with Crippen molar-refractivity contribution >= 4 is 33.8 Å². The summed E-state index contributed by atoms with van der Waals surface area (Å²) in [6.07, 6.45) is 1.20. The van der Waals surface area contributed by atoms with Crippen molar-refractivity contribution < 1.29 is 10.0 Å². The Morgan fingerprint density at radius 1 is 1.27 bits per heavy atom. The van der Waals surface area contributed by atoms with Gasteiger partial charge in [0, 0.05) is 28.0 Å². The van der Waals surface area contributed by atoms with E-state index in [-0.39, 0.29) is 21.7 Å². The van der Waals surface area contributed by atoms with Crippen LogP contribution in [0.3, 0.4) is 0 Å². The molecule has 0 aliphatic carbocycles. The second kappa shape index (κ2) is 6.48. The molecule has 9 heteroatoms. The minimum atomic E-state index is -0.581. The standard InChI is InChI=1S/C13H12BrN5O3/c1-7-3-8(2)17-13(16-7)18-15-6-9-4-10(19(21)22)5-11(14)12(9)20/h3-6,20H,1-2H3,(H,16,17,18)/p-1. The lowest BCUT2D eigenvalue weighted by molar-refractivity contribution is -0.385. The molecule has 1 aromatic heterocycles. The van der Waals surface area contributed by atoms with Crippen molar-refractivity contribution in [2.24, 2.45) is 5.10 Å². The molecule has 1 N–H and O–H groups in total. The third kappa shape index (κ3) is 3.76. The number of nitro groups is 1. The summed E-state index contributed by atoms with van der Waals surface area (Å²) in [4.78, 5) is 18.4. The Labute approximate surface area is 134 Å². The number of hydrogen-bond acceptors (Lipinski definition) is 7. The summed E-state index contributed by atoms with van der Waals surface area (Å²) >= 11 is 3.00. The van der Waals surface area contributed by atoms with Crippen molar-refractivity contribution in [2.45, 2.75) is 13.8 Å². The van der Waals surface area contributed by atoms with Crippen molar-refractivity contribution in [3.8, 4) is 5.75 Å². The van der Waals surface area contributed by atoms with Crippen LogP contribution < -0.4 is 10.5 Å². The van der Waals surface area contributed by atoms with Crippen molar-refractivity contribution in [3.63, 3.8) is 0 Å². The van der Waals surface area contributed by atoms with Gasteiger partial charge >= 0.3 is 0 Å². The Hall–Kier alpha value is -2.55. The fourth-order valence-electron chi connectivity index (χ4n) is 1.74. The maximum absolute atomic E-state index is 11.9. The third-order valence-corrected chi connectivity index (χ3v) is 3.21. The van der Waals surface area contributed by atoms with E-state index in [1.165, 1.54) is 6.21 Å². The van der Waals surface area contributed by atoms with Crippen molar-refractivity contribution in [1.82, 2.24) is 9.97 Å². The van der Waals surface area contributed by atoms with E-state index in [4.69, 9.17) is 0 Å². The van der Waals surface area contributed by atoms with Crippen LogP contribution in [-0.2, 0) is 0 Å². The number of hydrogen-bond donors (Lipinski definition) is 1. The molecule has 0 atom stereocenters. The average Bonchev–Trinajstić information content (AvgIpc) is 2.42. The van der Waals surface area contributed by atoms with Gasteiger partial charge in [0.2, 0.25) is 5.95 Å². The molecule has 0 amide bonds. The minimum absolute atomic E-state index is 0.0814. The molecule has 2 aromatic rings. The molecule has 1 aromatic carbocycles. The molecule has 0 unspecified atom stereocenters. The Balaban J connectivity index is 2.24. The van der Waals surface area contributed by atoms with Gasteiger partial charge in [0.05, 0.1) is 11.1 Å². The van der Waals surface area contributed by atoms with E-state index < -0.39 is 10.7 Å². The molecular weight excluding hydrogens is 354 g/mol. The van der Waals surface area contributed by atoms with Gasteiger partial charge in [-0.3, -0.25) is 10.1 Å². The zero-order valence-corrected chi connectivity index (χ0v) is 13.3. The summed E-state index contributed by atoms with van der Waals surface area (Å²) in [7, 11) is 0. The molecule has 114 valence electrons. The van der Waals surface area contributed by atoms with Crippen LogP contribution >= 0.6 is 15.9 Å². The predicted octanol–water partition coefficient (Wildman–Crippen LogP) is 2.28. The zero-order chi connectivity index (χ0) is 16.3. The van der Waals surface area contributed by atoms with E-state index in [0.717, 1.165) is 23.5 Å². The van der Waals surface area contributed by atoms with E-state index in [2.05, 4.69) is 36.4 Å². The Morgan fingerprint density at radius 2 is 1.91 bits per heavy atom. The van der Waals surface area contributed by atoms with Crippen LogP contribution in [0.1, 0.15) is 17.0 Å². The summed E-state index contributed by atoms with van der Waals surface area (Å²) in [5.74, 6) is -0.108. The summed E-state index contributed by atoms with van der Waals surface area (Å²) in [5.41, 5.74) is 4.02. The summed E-state index contributed by atoms with van der Waals surface area (Å²) in [5, 5.41) is 26.5. The Kier molecular flexibility index (Phi) is 4.66. The third-order valence-electron chi connectivity index (χ3n) is 2.62. The van der Waals surface area contributed by atoms with Crippen molar-refractivity contribution in [3.05, 3.63) is 49.7 Å². The second-order valence-corrected chi connectivity index (χ2v) is 5.30. The van der Waals surface area contributed by atoms with Gasteiger partial charge in [0.15, 0.2) is 0 Å². The number of nitro benzene ring substituents is 1. The van der Waals surface area contributed by atoms with Gasteiger partial charge in [-0.2, -0.15) is 5.10 Å². The van der Waals surface area contributed by atoms with E-state index in [1.807, 2.05) is 19.9 Å². The molecular formula is C13H11BrN5O3-. The molecule has 2 rings (SSSR count). The number of nitrogens with one attached hydrogen (secondary N) is 1. The number of nitrogens with zero attached hydrogens (tertiary/aromatic N) is 4. The molecule has 0 bridgehead atoms. The molecule has 0 fully saturated rings. The SMILES string of the molecule is Cc1cc(C)nc(NN=Cc2cc([N+](=O)[O-])cc(Br)c2[O-])n1. The number of aromatic nitrogens is 2. The molecule has 1 heterocycles. The lowest BCUT2D eigenvalue weighted by Gasteiger charge is -2.12. The summed E-state index contributed by atoms with van der Waals surface area (Å²) in [6.45, 7) is 3.63. The van der Waals surface area contributed by atoms with E-state index >= 15 is 0 Å². The number of halogens is 1. The lowest BCUT2D eigenvalue weighted by atomic mass is 10.2. The van der Waals surface area contributed by atoms with Crippen LogP contribution in [0, 0.1) is 24.0 Å². The molecule has 0 aliphatic rings. The number of aryl methyl sites for hydroxylation is 2. The zero-order valence-electron chi connectivity index (χ0n) is 11.7. The van der Waals surface area contributed by atoms with Crippen LogP contribution in [0.4, 0.5) is 11.6 Å². The van der Waals surface area contributed by atoms with Gasteiger partial charge in [-0.15, -0.1) is 0 Å². The van der Waals surface area contributed by atoms with Gasteiger partial charge in [0.25, 0.3) is 5.69 Å². The number of non-ortho nitro benzene ring substituents is 1. The van der Waals surface area contributed by atoms with Crippen LogP contribution in [0.25, 0.3) is 0 Å². The first-order chi connectivity index (χ1) is 10.4. The average molecular weight is 365 g/mol. The van der Waals surface area contributed by atoms with Gasteiger partial charge in [-0.1, -0.05) is 21.7 Å². The van der Waals surface area contributed by atoms with E-state index in [0.29, 0.717) is 0 Å². The highest BCUT2D eigenvalue weighted by molar-refractivity contribution is 9.10. The molecule has 8 nitrogen and oxygen atoms in total. The first-order valence-electron chi connectivity index (χ1n) is 6.13. The highest BCUT2D eigenvalue weighted by Crippen LogP contribution is 2.29. The van der Waals surface area contributed by atoms with Crippen LogP contribution in [0.2, 0.25) is 0 Å². The van der Waals surface area contributed by atoms with E-state index in [9.17, 15) is 15.2 Å².